The second kappa shape index (κ2) is 5.02. The Morgan fingerprint density at radius 1 is 1.69 bits per heavy atom. The molecule has 3 nitrogen and oxygen atoms in total. The van der Waals surface area contributed by atoms with Crippen molar-refractivity contribution in [3.05, 3.63) is 18.0 Å². The van der Waals surface area contributed by atoms with Gasteiger partial charge in [0.05, 0.1) is 0 Å². The fourth-order valence-electron chi connectivity index (χ4n) is 1.18. The first-order valence-corrected chi connectivity index (χ1v) is 4.94. The SMILES string of the molecule is CCn1nccc1C(=O)CCCCl. The molecule has 0 fully saturated rings. The Morgan fingerprint density at radius 3 is 3.08 bits per heavy atom. The molecule has 0 N–H and O–H groups in total. The smallest absolute Gasteiger partial charge is 0.180 e. The summed E-state index contributed by atoms with van der Waals surface area (Å²) in [5.74, 6) is 0.659. The van der Waals surface area contributed by atoms with E-state index < -0.39 is 0 Å². The molecule has 0 aromatic carbocycles. The van der Waals surface area contributed by atoms with E-state index in [0.29, 0.717) is 18.0 Å². The van der Waals surface area contributed by atoms with Crippen molar-refractivity contribution < 1.29 is 4.79 Å². The van der Waals surface area contributed by atoms with Crippen molar-refractivity contribution in [2.45, 2.75) is 26.3 Å². The topological polar surface area (TPSA) is 34.9 Å². The van der Waals surface area contributed by atoms with Gasteiger partial charge in [-0.2, -0.15) is 5.10 Å². The molecule has 0 aliphatic rings. The number of carbonyl (C=O) groups is 1. The summed E-state index contributed by atoms with van der Waals surface area (Å²) < 4.78 is 1.70. The maximum Gasteiger partial charge on any atom is 0.180 e. The Labute approximate surface area is 82.7 Å². The Balaban J connectivity index is 2.65. The van der Waals surface area contributed by atoms with Crippen LogP contribution in [0.15, 0.2) is 12.3 Å². The summed E-state index contributed by atoms with van der Waals surface area (Å²) in [5.41, 5.74) is 0.688. The molecular formula is C9H13ClN2O. The van der Waals surface area contributed by atoms with Gasteiger partial charge in [0.1, 0.15) is 5.69 Å². The lowest BCUT2D eigenvalue weighted by Gasteiger charge is -2.02. The number of aromatic nitrogens is 2. The van der Waals surface area contributed by atoms with E-state index in [1.54, 1.807) is 16.9 Å². The predicted octanol–water partition coefficient (Wildman–Crippen LogP) is 2.10. The van der Waals surface area contributed by atoms with Crippen LogP contribution in [0.5, 0.6) is 0 Å². The van der Waals surface area contributed by atoms with Gasteiger partial charge in [0.15, 0.2) is 5.78 Å². The number of hydrogen-bond acceptors (Lipinski definition) is 2. The molecule has 0 amide bonds. The van der Waals surface area contributed by atoms with Crippen molar-refractivity contribution in [2.75, 3.05) is 5.88 Å². The largest absolute Gasteiger partial charge is 0.292 e. The van der Waals surface area contributed by atoms with Crippen LogP contribution < -0.4 is 0 Å². The maximum atomic E-state index is 11.5. The van der Waals surface area contributed by atoms with E-state index in [2.05, 4.69) is 5.10 Å². The Hall–Kier alpha value is -0.830. The lowest BCUT2D eigenvalue weighted by molar-refractivity contribution is 0.0971. The lowest BCUT2D eigenvalue weighted by atomic mass is 10.2. The number of carbonyl (C=O) groups excluding carboxylic acids is 1. The van der Waals surface area contributed by atoms with Crippen LogP contribution in [0.4, 0.5) is 0 Å². The molecule has 72 valence electrons. The molecule has 1 rings (SSSR count). The summed E-state index contributed by atoms with van der Waals surface area (Å²) >= 11 is 5.51. The van der Waals surface area contributed by atoms with E-state index in [-0.39, 0.29) is 5.78 Å². The number of ketones is 1. The van der Waals surface area contributed by atoms with Crippen LogP contribution >= 0.6 is 11.6 Å². The molecule has 1 aromatic heterocycles. The van der Waals surface area contributed by atoms with E-state index in [1.807, 2.05) is 6.92 Å². The van der Waals surface area contributed by atoms with Crippen molar-refractivity contribution in [2.24, 2.45) is 0 Å². The maximum absolute atomic E-state index is 11.5. The van der Waals surface area contributed by atoms with E-state index in [4.69, 9.17) is 11.6 Å². The highest BCUT2D eigenvalue weighted by atomic mass is 35.5. The summed E-state index contributed by atoms with van der Waals surface area (Å²) in [7, 11) is 0. The van der Waals surface area contributed by atoms with Crippen LogP contribution in [0.25, 0.3) is 0 Å². The molecule has 1 heterocycles. The van der Waals surface area contributed by atoms with Crippen molar-refractivity contribution in [3.8, 4) is 0 Å². The average molecular weight is 201 g/mol. The summed E-state index contributed by atoms with van der Waals surface area (Å²) in [6.07, 6.45) is 2.89. The van der Waals surface area contributed by atoms with Gasteiger partial charge in [0, 0.05) is 25.0 Å². The molecule has 1 aromatic rings. The molecule has 0 aliphatic carbocycles. The number of hydrogen-bond donors (Lipinski definition) is 0. The fraction of sp³-hybridized carbons (Fsp3) is 0.556. The standard InChI is InChI=1S/C9H13ClN2O/c1-2-12-8(5-7-11-12)9(13)4-3-6-10/h5,7H,2-4,6H2,1H3. The fourth-order valence-corrected chi connectivity index (χ4v) is 1.31. The van der Waals surface area contributed by atoms with Gasteiger partial charge in [0.2, 0.25) is 0 Å². The number of halogens is 1. The van der Waals surface area contributed by atoms with E-state index in [9.17, 15) is 4.79 Å². The van der Waals surface area contributed by atoms with Gasteiger partial charge in [-0.25, -0.2) is 0 Å². The number of nitrogens with zero attached hydrogens (tertiary/aromatic N) is 2. The highest BCUT2D eigenvalue weighted by Gasteiger charge is 2.09. The monoisotopic (exact) mass is 200 g/mol. The van der Waals surface area contributed by atoms with Crippen molar-refractivity contribution in [1.82, 2.24) is 9.78 Å². The highest BCUT2D eigenvalue weighted by Crippen LogP contribution is 2.05. The summed E-state index contributed by atoms with van der Waals surface area (Å²) in [6, 6.07) is 1.75. The van der Waals surface area contributed by atoms with Gasteiger partial charge in [-0.15, -0.1) is 11.6 Å². The second-order valence-corrected chi connectivity index (χ2v) is 3.13. The lowest BCUT2D eigenvalue weighted by Crippen LogP contribution is -2.09. The summed E-state index contributed by atoms with van der Waals surface area (Å²) in [4.78, 5) is 11.5. The van der Waals surface area contributed by atoms with Crippen LogP contribution in [-0.2, 0) is 6.54 Å². The third-order valence-corrected chi connectivity index (χ3v) is 2.11. The molecule has 0 aliphatic heterocycles. The molecule has 0 bridgehead atoms. The van der Waals surface area contributed by atoms with Crippen LogP contribution in [0.2, 0.25) is 0 Å². The zero-order chi connectivity index (χ0) is 9.68. The Morgan fingerprint density at radius 2 is 2.46 bits per heavy atom. The zero-order valence-electron chi connectivity index (χ0n) is 7.66. The predicted molar refractivity (Wildman–Crippen MR) is 52.2 cm³/mol. The third kappa shape index (κ3) is 2.56. The van der Waals surface area contributed by atoms with Crippen molar-refractivity contribution in [1.29, 1.82) is 0 Å². The molecular weight excluding hydrogens is 188 g/mol. The van der Waals surface area contributed by atoms with Crippen LogP contribution in [0, 0.1) is 0 Å². The Bertz CT molecular complexity index is 283. The van der Waals surface area contributed by atoms with Gasteiger partial charge in [-0.05, 0) is 19.4 Å². The van der Waals surface area contributed by atoms with Gasteiger partial charge in [-0.1, -0.05) is 0 Å². The number of rotatable bonds is 5. The van der Waals surface area contributed by atoms with Gasteiger partial charge >= 0.3 is 0 Å². The quantitative estimate of drug-likeness (QED) is 0.539. The molecule has 4 heteroatoms. The molecule has 0 radical (unpaired) electrons. The van der Waals surface area contributed by atoms with Crippen LogP contribution in [-0.4, -0.2) is 21.4 Å². The van der Waals surface area contributed by atoms with Crippen LogP contribution in [0.3, 0.4) is 0 Å². The molecule has 0 unspecified atom stereocenters. The number of Topliss-reactive ketones (excluding diaryl/α,β-unsaturated/α-hetero) is 1. The minimum atomic E-state index is 0.125. The van der Waals surface area contributed by atoms with E-state index in [0.717, 1.165) is 13.0 Å². The minimum absolute atomic E-state index is 0.125. The first-order valence-electron chi connectivity index (χ1n) is 4.40. The first kappa shape index (κ1) is 10.3. The third-order valence-electron chi connectivity index (χ3n) is 1.84. The number of alkyl halides is 1. The molecule has 0 saturated heterocycles. The molecule has 0 atom stereocenters. The molecule has 0 spiro atoms. The van der Waals surface area contributed by atoms with Gasteiger partial charge < -0.3 is 0 Å². The van der Waals surface area contributed by atoms with E-state index >= 15 is 0 Å². The van der Waals surface area contributed by atoms with E-state index in [1.165, 1.54) is 0 Å². The van der Waals surface area contributed by atoms with Crippen molar-refractivity contribution in [3.63, 3.8) is 0 Å². The zero-order valence-corrected chi connectivity index (χ0v) is 8.42. The summed E-state index contributed by atoms with van der Waals surface area (Å²) in [6.45, 7) is 2.69. The van der Waals surface area contributed by atoms with Gasteiger partial charge in [-0.3, -0.25) is 9.48 Å². The average Bonchev–Trinajstić information content (AvgIpc) is 2.61. The summed E-state index contributed by atoms with van der Waals surface area (Å²) in [5, 5.41) is 4.03. The molecule has 0 saturated carbocycles. The normalized spacial score (nSPS) is 10.3. The first-order chi connectivity index (χ1) is 6.29. The van der Waals surface area contributed by atoms with Crippen LogP contribution in [0.1, 0.15) is 30.3 Å². The van der Waals surface area contributed by atoms with Gasteiger partial charge in [0.25, 0.3) is 0 Å². The Kier molecular flexibility index (Phi) is 3.96. The minimum Gasteiger partial charge on any atom is -0.292 e. The molecule has 13 heavy (non-hydrogen) atoms. The second-order valence-electron chi connectivity index (χ2n) is 2.75. The number of aryl methyl sites for hydroxylation is 1. The highest BCUT2D eigenvalue weighted by molar-refractivity contribution is 6.18. The van der Waals surface area contributed by atoms with Crippen molar-refractivity contribution >= 4 is 17.4 Å².